The summed E-state index contributed by atoms with van der Waals surface area (Å²) in [5.74, 6) is -0.623. The molecule has 2 unspecified atom stereocenters. The summed E-state index contributed by atoms with van der Waals surface area (Å²) >= 11 is 0. The molecule has 10 nitrogen and oxygen atoms in total. The van der Waals surface area contributed by atoms with Crippen molar-refractivity contribution >= 4 is 24.1 Å². The number of esters is 2. The van der Waals surface area contributed by atoms with E-state index in [1.54, 1.807) is 11.0 Å². The lowest BCUT2D eigenvalue weighted by atomic mass is 9.79. The highest BCUT2D eigenvalue weighted by atomic mass is 16.6. The molecule has 2 fully saturated rings. The second kappa shape index (κ2) is 15.4. The number of likely N-dealkylation sites (tertiary alicyclic amines) is 2. The highest BCUT2D eigenvalue weighted by molar-refractivity contribution is 5.85. The van der Waals surface area contributed by atoms with Crippen LogP contribution in [0.4, 0.5) is 9.59 Å². The van der Waals surface area contributed by atoms with Crippen LogP contribution in [-0.4, -0.2) is 74.3 Å². The van der Waals surface area contributed by atoms with Crippen LogP contribution in [0.25, 0.3) is 0 Å². The van der Waals surface area contributed by atoms with E-state index in [2.05, 4.69) is 13.2 Å². The number of rotatable bonds is 9. The van der Waals surface area contributed by atoms with E-state index in [-0.39, 0.29) is 37.8 Å². The predicted molar refractivity (Wildman–Crippen MR) is 171 cm³/mol. The lowest BCUT2D eigenvalue weighted by molar-refractivity contribution is -0.150. The molecular formula is C36H42N2O8. The van der Waals surface area contributed by atoms with Gasteiger partial charge in [-0.3, -0.25) is 9.59 Å². The summed E-state index contributed by atoms with van der Waals surface area (Å²) in [6.07, 6.45) is 5.67. The molecule has 1 aliphatic carbocycles. The van der Waals surface area contributed by atoms with Gasteiger partial charge in [-0.15, -0.1) is 6.58 Å². The monoisotopic (exact) mass is 630 g/mol. The van der Waals surface area contributed by atoms with Crippen molar-refractivity contribution in [2.24, 2.45) is 10.8 Å². The summed E-state index contributed by atoms with van der Waals surface area (Å²) in [7, 11) is 2.74. The Kier molecular flexibility index (Phi) is 11.4. The zero-order valence-electron chi connectivity index (χ0n) is 26.6. The highest BCUT2D eigenvalue weighted by Crippen LogP contribution is 2.46. The van der Waals surface area contributed by atoms with E-state index in [1.165, 1.54) is 19.1 Å². The molecular weight excluding hydrogens is 588 g/mol. The first kappa shape index (κ1) is 34.0. The molecule has 2 amide bonds. The van der Waals surface area contributed by atoms with Crippen LogP contribution in [0.15, 0.2) is 97.1 Å². The van der Waals surface area contributed by atoms with Gasteiger partial charge < -0.3 is 28.7 Å². The van der Waals surface area contributed by atoms with Crippen LogP contribution >= 0.6 is 0 Å². The van der Waals surface area contributed by atoms with Gasteiger partial charge in [0.2, 0.25) is 0 Å². The van der Waals surface area contributed by atoms with E-state index >= 15 is 0 Å². The molecule has 2 aliphatic heterocycles. The van der Waals surface area contributed by atoms with Crippen molar-refractivity contribution < 1.29 is 38.1 Å². The number of carbonyl (C=O) groups is 4. The van der Waals surface area contributed by atoms with Gasteiger partial charge in [0, 0.05) is 26.2 Å². The molecule has 0 N–H and O–H groups in total. The molecule has 0 aromatic heterocycles. The van der Waals surface area contributed by atoms with Crippen LogP contribution in [0.5, 0.6) is 0 Å². The molecule has 2 atom stereocenters. The van der Waals surface area contributed by atoms with Gasteiger partial charge in [0.15, 0.2) is 0 Å². The van der Waals surface area contributed by atoms with Gasteiger partial charge in [-0.25, -0.2) is 9.59 Å². The lowest BCUT2D eigenvalue weighted by Gasteiger charge is -2.26. The van der Waals surface area contributed by atoms with Crippen molar-refractivity contribution in [3.8, 4) is 0 Å². The van der Waals surface area contributed by atoms with Gasteiger partial charge in [-0.05, 0) is 48.0 Å². The van der Waals surface area contributed by atoms with Crippen molar-refractivity contribution in [1.82, 2.24) is 9.80 Å². The fraction of sp³-hybridized carbons (Fsp3) is 0.389. The van der Waals surface area contributed by atoms with Crippen molar-refractivity contribution in [3.05, 3.63) is 108 Å². The predicted octanol–water partition coefficient (Wildman–Crippen LogP) is 5.84. The largest absolute Gasteiger partial charge is 0.468 e. The quantitative estimate of drug-likeness (QED) is 0.193. The number of fused-ring (bicyclic) bond motifs is 1. The Morgan fingerprint density at radius 1 is 0.804 bits per heavy atom. The second-order valence-corrected chi connectivity index (χ2v) is 11.6. The molecule has 2 aromatic rings. The smallest absolute Gasteiger partial charge is 0.410 e. The van der Waals surface area contributed by atoms with E-state index < -0.39 is 16.9 Å². The molecule has 0 radical (unpaired) electrons. The Morgan fingerprint density at radius 3 is 1.87 bits per heavy atom. The highest BCUT2D eigenvalue weighted by Gasteiger charge is 2.53. The second-order valence-electron chi connectivity index (χ2n) is 11.6. The number of hydrogen-bond donors (Lipinski definition) is 0. The third-order valence-corrected chi connectivity index (χ3v) is 8.77. The number of hydrogen-bond acceptors (Lipinski definition) is 8. The van der Waals surface area contributed by atoms with Crippen molar-refractivity contribution in [2.45, 2.75) is 38.9 Å². The van der Waals surface area contributed by atoms with Gasteiger partial charge in [-0.2, -0.15) is 0 Å². The fourth-order valence-electron chi connectivity index (χ4n) is 6.19. The topological polar surface area (TPSA) is 112 Å². The van der Waals surface area contributed by atoms with Crippen LogP contribution in [0.2, 0.25) is 0 Å². The normalized spacial score (nSPS) is 21.3. The number of methoxy groups -OCH3 is 2. The average Bonchev–Trinajstić information content (AvgIpc) is 3.77. The van der Waals surface area contributed by atoms with Gasteiger partial charge >= 0.3 is 24.1 Å². The Labute approximate surface area is 270 Å². The molecule has 2 saturated heterocycles. The van der Waals surface area contributed by atoms with E-state index in [0.717, 1.165) is 23.1 Å². The Balaban J connectivity index is 0.000000209. The SMILES string of the molecule is C=CCCC1(C(=O)OC)CN(C(=O)OCc2ccccc2)CC1=C.COC(=O)C12CCC=C1CN(C(=O)OCc1ccccc1)C2. The maximum atomic E-state index is 12.3. The van der Waals surface area contributed by atoms with E-state index in [9.17, 15) is 19.2 Å². The van der Waals surface area contributed by atoms with Crippen LogP contribution < -0.4 is 0 Å². The van der Waals surface area contributed by atoms with Gasteiger partial charge in [0.25, 0.3) is 0 Å². The summed E-state index contributed by atoms with van der Waals surface area (Å²) in [5.41, 5.74) is 1.98. The Morgan fingerprint density at radius 2 is 1.35 bits per heavy atom. The summed E-state index contributed by atoms with van der Waals surface area (Å²) < 4.78 is 20.6. The lowest BCUT2D eigenvalue weighted by Crippen LogP contribution is -2.38. The molecule has 46 heavy (non-hydrogen) atoms. The van der Waals surface area contributed by atoms with E-state index in [4.69, 9.17) is 18.9 Å². The zero-order valence-corrected chi connectivity index (χ0v) is 26.6. The standard InChI is InChI=1S/C19H23NO4.C17H19NO4/c1-4-5-11-19(17(21)23-3)14-20(12-15(19)2)18(22)24-13-16-9-7-6-8-10-16;1-21-15(19)17-9-5-8-14(17)10-18(12-17)16(20)22-11-13-6-3-2-4-7-13/h4,6-10H,1-2,5,11-14H2,3H3;2-4,6-8H,5,9-12H2,1H3. The molecule has 2 heterocycles. The average molecular weight is 631 g/mol. The molecule has 3 aliphatic rings. The van der Waals surface area contributed by atoms with Gasteiger partial charge in [-0.1, -0.05) is 79.4 Å². The Bertz CT molecular complexity index is 1460. The molecule has 244 valence electrons. The maximum Gasteiger partial charge on any atom is 0.410 e. The number of ether oxygens (including phenoxy) is 4. The van der Waals surface area contributed by atoms with Crippen LogP contribution in [0.1, 0.15) is 36.8 Å². The summed E-state index contributed by atoms with van der Waals surface area (Å²) in [6, 6.07) is 19.0. The molecule has 2 aromatic carbocycles. The molecule has 0 saturated carbocycles. The minimum Gasteiger partial charge on any atom is -0.468 e. The number of benzene rings is 2. The summed E-state index contributed by atoms with van der Waals surface area (Å²) in [6.45, 7) is 9.43. The number of carbonyl (C=O) groups excluding carboxylic acids is 4. The maximum absolute atomic E-state index is 12.3. The van der Waals surface area contributed by atoms with Gasteiger partial charge in [0.1, 0.15) is 24.0 Å². The number of nitrogens with zero attached hydrogens (tertiary/aromatic N) is 2. The Hall–Kier alpha value is -4.86. The third-order valence-electron chi connectivity index (χ3n) is 8.77. The molecule has 0 bridgehead atoms. The zero-order chi connectivity index (χ0) is 33.2. The molecule has 0 spiro atoms. The number of allylic oxidation sites excluding steroid dienone is 2. The van der Waals surface area contributed by atoms with E-state index in [1.807, 2.05) is 66.7 Å². The van der Waals surface area contributed by atoms with Crippen molar-refractivity contribution in [3.63, 3.8) is 0 Å². The number of amides is 2. The summed E-state index contributed by atoms with van der Waals surface area (Å²) in [4.78, 5) is 52.1. The minimum absolute atomic E-state index is 0.195. The summed E-state index contributed by atoms with van der Waals surface area (Å²) in [5, 5.41) is 0. The van der Waals surface area contributed by atoms with Gasteiger partial charge in [0.05, 0.1) is 14.2 Å². The first-order chi connectivity index (χ1) is 22.2. The van der Waals surface area contributed by atoms with Crippen LogP contribution in [0.3, 0.4) is 0 Å². The van der Waals surface area contributed by atoms with Crippen molar-refractivity contribution in [1.29, 1.82) is 0 Å². The molecule has 5 rings (SSSR count). The van der Waals surface area contributed by atoms with Crippen LogP contribution in [-0.2, 0) is 41.8 Å². The van der Waals surface area contributed by atoms with Crippen LogP contribution in [0, 0.1) is 10.8 Å². The minimum atomic E-state index is -0.880. The third kappa shape index (κ3) is 7.50. The van der Waals surface area contributed by atoms with Crippen molar-refractivity contribution in [2.75, 3.05) is 40.4 Å². The fourth-order valence-corrected chi connectivity index (χ4v) is 6.19. The first-order valence-corrected chi connectivity index (χ1v) is 15.3. The van der Waals surface area contributed by atoms with E-state index in [0.29, 0.717) is 44.5 Å². The first-order valence-electron chi connectivity index (χ1n) is 15.3. The molecule has 10 heteroatoms.